The molecule has 0 saturated carbocycles. The van der Waals surface area contributed by atoms with E-state index in [-0.39, 0.29) is 17.9 Å². The largest absolute Gasteiger partial charge is 0.481 e. The maximum absolute atomic E-state index is 13.7. The molecule has 0 saturated heterocycles. The van der Waals surface area contributed by atoms with Crippen LogP contribution in [0, 0.1) is 12.7 Å². The first-order valence-corrected chi connectivity index (χ1v) is 8.11. The molecule has 122 valence electrons. The topological polar surface area (TPSA) is 66.4 Å². The van der Waals surface area contributed by atoms with E-state index in [1.165, 1.54) is 21.9 Å². The summed E-state index contributed by atoms with van der Waals surface area (Å²) in [6, 6.07) is 8.17. The second kappa shape index (κ2) is 7.87. The zero-order valence-corrected chi connectivity index (χ0v) is 13.6. The van der Waals surface area contributed by atoms with E-state index in [0.717, 1.165) is 18.9 Å². The van der Waals surface area contributed by atoms with Gasteiger partial charge in [0.05, 0.1) is 6.42 Å². The van der Waals surface area contributed by atoms with Gasteiger partial charge in [0.25, 0.3) is 0 Å². The summed E-state index contributed by atoms with van der Waals surface area (Å²) in [6.07, 6.45) is 1.55. The van der Waals surface area contributed by atoms with Crippen molar-refractivity contribution in [2.75, 3.05) is 5.32 Å². The number of carboxylic acids is 1. The standard InChI is InChI=1S/C17H18FNO3S/c1-11-5-8-14(23-11)3-2-4-16(20)19-13-7-6-12(9-17(21)22)15(18)10-13/h5-8,10H,2-4,9H2,1H3,(H,19,20)(H,21,22). The van der Waals surface area contributed by atoms with Gasteiger partial charge in [0.2, 0.25) is 5.91 Å². The normalized spacial score (nSPS) is 10.5. The molecule has 0 aliphatic heterocycles. The van der Waals surface area contributed by atoms with Crippen molar-refractivity contribution in [3.8, 4) is 0 Å². The van der Waals surface area contributed by atoms with Crippen LogP contribution in [0.15, 0.2) is 30.3 Å². The van der Waals surface area contributed by atoms with Crippen LogP contribution in [-0.2, 0) is 22.4 Å². The summed E-state index contributed by atoms with van der Waals surface area (Å²) in [6.45, 7) is 2.05. The molecule has 0 radical (unpaired) electrons. The van der Waals surface area contributed by atoms with Crippen molar-refractivity contribution in [1.82, 2.24) is 0 Å². The second-order valence-electron chi connectivity index (χ2n) is 5.29. The number of halogens is 1. The van der Waals surface area contributed by atoms with E-state index in [4.69, 9.17) is 5.11 Å². The molecule has 2 aromatic rings. The highest BCUT2D eigenvalue weighted by atomic mass is 32.1. The van der Waals surface area contributed by atoms with Gasteiger partial charge in [-0.05, 0) is 49.6 Å². The number of hydrogen-bond acceptors (Lipinski definition) is 3. The number of benzene rings is 1. The van der Waals surface area contributed by atoms with Crippen LogP contribution in [-0.4, -0.2) is 17.0 Å². The molecule has 0 aliphatic carbocycles. The summed E-state index contributed by atoms with van der Waals surface area (Å²) in [5.74, 6) is -1.90. The Labute approximate surface area is 138 Å². The SMILES string of the molecule is Cc1ccc(CCCC(=O)Nc2ccc(CC(=O)O)c(F)c2)s1. The minimum Gasteiger partial charge on any atom is -0.481 e. The Kier molecular flexibility index (Phi) is 5.87. The van der Waals surface area contributed by atoms with E-state index in [0.29, 0.717) is 12.1 Å². The lowest BCUT2D eigenvalue weighted by molar-refractivity contribution is -0.136. The van der Waals surface area contributed by atoms with Crippen LogP contribution in [0.1, 0.15) is 28.2 Å². The maximum atomic E-state index is 13.7. The zero-order valence-electron chi connectivity index (χ0n) is 12.8. The highest BCUT2D eigenvalue weighted by Crippen LogP contribution is 2.18. The molecule has 23 heavy (non-hydrogen) atoms. The van der Waals surface area contributed by atoms with Crippen molar-refractivity contribution in [3.63, 3.8) is 0 Å². The number of rotatable bonds is 7. The molecule has 1 amide bonds. The Bertz CT molecular complexity index is 712. The summed E-state index contributed by atoms with van der Waals surface area (Å²) < 4.78 is 13.7. The molecule has 0 bridgehead atoms. The van der Waals surface area contributed by atoms with Crippen molar-refractivity contribution in [2.24, 2.45) is 0 Å². The Hall–Kier alpha value is -2.21. The molecule has 4 nitrogen and oxygen atoms in total. The van der Waals surface area contributed by atoms with Crippen LogP contribution >= 0.6 is 11.3 Å². The lowest BCUT2D eigenvalue weighted by atomic mass is 10.1. The first kappa shape index (κ1) is 17.1. The smallest absolute Gasteiger partial charge is 0.307 e. The molecule has 2 rings (SSSR count). The van der Waals surface area contributed by atoms with E-state index in [1.807, 2.05) is 6.92 Å². The van der Waals surface area contributed by atoms with Gasteiger partial charge in [0, 0.05) is 21.9 Å². The molecule has 1 aromatic heterocycles. The molecule has 2 N–H and O–H groups in total. The molecule has 1 heterocycles. The number of hydrogen-bond donors (Lipinski definition) is 2. The maximum Gasteiger partial charge on any atom is 0.307 e. The van der Waals surface area contributed by atoms with Crippen molar-refractivity contribution in [2.45, 2.75) is 32.6 Å². The first-order valence-electron chi connectivity index (χ1n) is 7.29. The highest BCUT2D eigenvalue weighted by molar-refractivity contribution is 7.11. The number of carboxylic acid groups (broad SMARTS) is 1. The van der Waals surface area contributed by atoms with E-state index >= 15 is 0 Å². The molecular formula is C17H18FNO3S. The van der Waals surface area contributed by atoms with Gasteiger partial charge in [-0.3, -0.25) is 9.59 Å². The van der Waals surface area contributed by atoms with Crippen LogP contribution in [0.2, 0.25) is 0 Å². The number of thiophene rings is 1. The van der Waals surface area contributed by atoms with Crippen molar-refractivity contribution in [1.29, 1.82) is 0 Å². The van der Waals surface area contributed by atoms with Gasteiger partial charge in [-0.2, -0.15) is 0 Å². The fourth-order valence-corrected chi connectivity index (χ4v) is 3.13. The Morgan fingerprint density at radius 1 is 1.26 bits per heavy atom. The van der Waals surface area contributed by atoms with E-state index in [1.54, 1.807) is 11.3 Å². The average molecular weight is 335 g/mol. The third-order valence-corrected chi connectivity index (χ3v) is 4.36. The minimum absolute atomic E-state index is 0.101. The Morgan fingerprint density at radius 2 is 2.04 bits per heavy atom. The average Bonchev–Trinajstić information content (AvgIpc) is 2.87. The van der Waals surface area contributed by atoms with Gasteiger partial charge in [-0.25, -0.2) is 4.39 Å². The van der Waals surface area contributed by atoms with Crippen LogP contribution in [0.25, 0.3) is 0 Å². The molecule has 1 aromatic carbocycles. The number of carbonyl (C=O) groups excluding carboxylic acids is 1. The monoisotopic (exact) mass is 335 g/mol. The predicted octanol–water partition coefficient (Wildman–Crippen LogP) is 3.78. The van der Waals surface area contributed by atoms with Crippen LogP contribution in [0.4, 0.5) is 10.1 Å². The van der Waals surface area contributed by atoms with Gasteiger partial charge in [0.1, 0.15) is 5.82 Å². The number of carbonyl (C=O) groups is 2. The fraction of sp³-hybridized carbons (Fsp3) is 0.294. The molecule has 0 fully saturated rings. The van der Waals surface area contributed by atoms with Gasteiger partial charge < -0.3 is 10.4 Å². The van der Waals surface area contributed by atoms with Gasteiger partial charge in [-0.1, -0.05) is 6.07 Å². The fourth-order valence-electron chi connectivity index (χ4n) is 2.20. The molecule has 6 heteroatoms. The van der Waals surface area contributed by atoms with Gasteiger partial charge in [-0.15, -0.1) is 11.3 Å². The van der Waals surface area contributed by atoms with Crippen molar-refractivity contribution >= 4 is 28.9 Å². The van der Waals surface area contributed by atoms with E-state index < -0.39 is 11.8 Å². The summed E-state index contributed by atoms with van der Waals surface area (Å²) in [5.41, 5.74) is 0.442. The zero-order chi connectivity index (χ0) is 16.8. The second-order valence-corrected chi connectivity index (χ2v) is 6.66. The predicted molar refractivity (Wildman–Crippen MR) is 88.4 cm³/mol. The number of anilines is 1. The third-order valence-electron chi connectivity index (χ3n) is 3.30. The van der Waals surface area contributed by atoms with Gasteiger partial charge in [0.15, 0.2) is 0 Å². The third kappa shape index (κ3) is 5.49. The van der Waals surface area contributed by atoms with Crippen molar-refractivity contribution in [3.05, 3.63) is 51.5 Å². The molecular weight excluding hydrogens is 317 g/mol. The van der Waals surface area contributed by atoms with Crippen LogP contribution in [0.3, 0.4) is 0 Å². The lowest BCUT2D eigenvalue weighted by Crippen LogP contribution is -2.12. The van der Waals surface area contributed by atoms with Crippen molar-refractivity contribution < 1.29 is 19.1 Å². The number of aliphatic carboxylic acids is 1. The molecule has 0 spiro atoms. The molecule has 0 aliphatic rings. The first-order chi connectivity index (χ1) is 10.9. The summed E-state index contributed by atoms with van der Waals surface area (Å²) in [4.78, 5) is 24.9. The molecule has 0 unspecified atom stereocenters. The molecule has 0 atom stereocenters. The van der Waals surface area contributed by atoms with Gasteiger partial charge >= 0.3 is 5.97 Å². The number of nitrogens with one attached hydrogen (secondary N) is 1. The van der Waals surface area contributed by atoms with Crippen LogP contribution in [0.5, 0.6) is 0 Å². The van der Waals surface area contributed by atoms with E-state index in [2.05, 4.69) is 17.4 Å². The highest BCUT2D eigenvalue weighted by Gasteiger charge is 2.09. The Balaban J connectivity index is 1.82. The lowest BCUT2D eigenvalue weighted by Gasteiger charge is -2.07. The summed E-state index contributed by atoms with van der Waals surface area (Å²) >= 11 is 1.72. The number of amides is 1. The minimum atomic E-state index is -1.09. The summed E-state index contributed by atoms with van der Waals surface area (Å²) in [7, 11) is 0. The van der Waals surface area contributed by atoms with E-state index in [9.17, 15) is 14.0 Å². The summed E-state index contributed by atoms with van der Waals surface area (Å²) in [5, 5.41) is 11.3. The quantitative estimate of drug-likeness (QED) is 0.809. The number of aryl methyl sites for hydroxylation is 2. The van der Waals surface area contributed by atoms with Crippen LogP contribution < -0.4 is 5.32 Å². The Morgan fingerprint density at radius 3 is 2.65 bits per heavy atom.